The Morgan fingerprint density at radius 2 is 1.54 bits per heavy atom. The molecule has 2 rings (SSSR count). The lowest BCUT2D eigenvalue weighted by molar-refractivity contribution is -0.143. The molecule has 0 aromatic heterocycles. The number of rotatable bonds is 8. The molecule has 0 fully saturated rings. The molecule has 0 aliphatic rings. The molecule has 7 nitrogen and oxygen atoms in total. The Bertz CT molecular complexity index is 688. The highest BCUT2D eigenvalue weighted by atomic mass is 31.2. The zero-order valence-corrected chi connectivity index (χ0v) is 13.6. The van der Waals surface area contributed by atoms with E-state index in [1.807, 2.05) is 36.4 Å². The zero-order chi connectivity index (χ0) is 17.4. The molecule has 0 saturated heterocycles. The second kappa shape index (κ2) is 8.73. The lowest BCUT2D eigenvalue weighted by Crippen LogP contribution is -2.39. The Hall–Kier alpha value is -2.02. The van der Waals surface area contributed by atoms with E-state index < -0.39 is 19.8 Å². The molecule has 0 spiro atoms. The van der Waals surface area contributed by atoms with Gasteiger partial charge in [-0.05, 0) is 11.1 Å². The van der Waals surface area contributed by atoms with Crippen LogP contribution in [0.1, 0.15) is 11.1 Å². The molecule has 2 aromatic rings. The second-order valence-electron chi connectivity index (χ2n) is 5.04. The molecule has 8 heteroatoms. The second-order valence-corrected chi connectivity index (χ2v) is 6.20. The van der Waals surface area contributed by atoms with Crippen LogP contribution in [-0.4, -0.2) is 21.8 Å². The van der Waals surface area contributed by atoms with E-state index >= 15 is 0 Å². The molecule has 3 N–H and O–H groups in total. The van der Waals surface area contributed by atoms with Gasteiger partial charge in [0, 0.05) is 6.42 Å². The molecule has 0 amide bonds. The minimum Gasteiger partial charge on any atom is -0.369 e. The van der Waals surface area contributed by atoms with Crippen molar-refractivity contribution in [1.29, 1.82) is 0 Å². The predicted octanol–water partition coefficient (Wildman–Crippen LogP) is 1.95. The summed E-state index contributed by atoms with van der Waals surface area (Å²) >= 11 is 0. The Kier molecular flexibility index (Phi) is 6.66. The molecule has 0 aliphatic carbocycles. The van der Waals surface area contributed by atoms with Gasteiger partial charge in [-0.2, -0.15) is 5.48 Å². The van der Waals surface area contributed by atoms with Gasteiger partial charge in [0.1, 0.15) is 6.04 Å². The molecular formula is C16H18NO6P. The van der Waals surface area contributed by atoms with E-state index in [-0.39, 0.29) is 13.0 Å². The first-order chi connectivity index (χ1) is 11.4. The maximum atomic E-state index is 11.9. The first kappa shape index (κ1) is 18.3. The summed E-state index contributed by atoms with van der Waals surface area (Å²) in [6.45, 7) is 0.190. The van der Waals surface area contributed by atoms with E-state index in [0.29, 0.717) is 0 Å². The summed E-state index contributed by atoms with van der Waals surface area (Å²) in [5.74, 6) is -1.08. The van der Waals surface area contributed by atoms with Gasteiger partial charge in [0.25, 0.3) is 0 Å². The fraction of sp³-hybridized carbons (Fsp3) is 0.188. The van der Waals surface area contributed by atoms with E-state index in [4.69, 9.17) is 14.6 Å². The van der Waals surface area contributed by atoms with Gasteiger partial charge in [-0.15, -0.1) is 0 Å². The van der Waals surface area contributed by atoms with Crippen molar-refractivity contribution in [2.45, 2.75) is 19.1 Å². The fourth-order valence-electron chi connectivity index (χ4n) is 2.00. The lowest BCUT2D eigenvalue weighted by atomic mass is 10.1. The van der Waals surface area contributed by atoms with Crippen LogP contribution in [0.15, 0.2) is 60.7 Å². The van der Waals surface area contributed by atoms with Gasteiger partial charge >= 0.3 is 13.8 Å². The van der Waals surface area contributed by atoms with Crippen molar-refractivity contribution in [1.82, 2.24) is 5.48 Å². The molecule has 0 saturated carbocycles. The van der Waals surface area contributed by atoms with Gasteiger partial charge < -0.3 is 4.52 Å². The summed E-state index contributed by atoms with van der Waals surface area (Å²) < 4.78 is 15.0. The van der Waals surface area contributed by atoms with Crippen LogP contribution in [0.25, 0.3) is 0 Å². The van der Waals surface area contributed by atoms with Crippen molar-refractivity contribution in [3.8, 4) is 0 Å². The highest BCUT2D eigenvalue weighted by Gasteiger charge is 2.28. The highest BCUT2D eigenvalue weighted by molar-refractivity contribution is 7.46. The fourth-order valence-corrected chi connectivity index (χ4v) is 2.37. The van der Waals surface area contributed by atoms with E-state index in [1.165, 1.54) is 0 Å². The number of carbonyl (C=O) groups is 1. The van der Waals surface area contributed by atoms with Crippen molar-refractivity contribution in [3.63, 3.8) is 0 Å². The average molecular weight is 351 g/mol. The number of hydrogen-bond donors (Lipinski definition) is 3. The van der Waals surface area contributed by atoms with Crippen molar-refractivity contribution >= 4 is 13.8 Å². The van der Waals surface area contributed by atoms with Crippen LogP contribution >= 0.6 is 7.82 Å². The molecular weight excluding hydrogens is 333 g/mol. The van der Waals surface area contributed by atoms with Gasteiger partial charge in [-0.1, -0.05) is 60.7 Å². The van der Waals surface area contributed by atoms with Crippen molar-refractivity contribution in [3.05, 3.63) is 71.8 Å². The van der Waals surface area contributed by atoms with Crippen LogP contribution in [-0.2, 0) is 31.7 Å². The minimum absolute atomic E-state index is 0.161. The molecule has 0 radical (unpaired) electrons. The van der Waals surface area contributed by atoms with Gasteiger partial charge in [-0.3, -0.25) is 14.6 Å². The maximum Gasteiger partial charge on any atom is 0.527 e. The highest BCUT2D eigenvalue weighted by Crippen LogP contribution is 2.36. The summed E-state index contributed by atoms with van der Waals surface area (Å²) in [5.41, 5.74) is 4.20. The van der Waals surface area contributed by atoms with Crippen LogP contribution < -0.4 is 5.48 Å². The third-order valence-electron chi connectivity index (χ3n) is 3.08. The van der Waals surface area contributed by atoms with Crippen LogP contribution in [0.2, 0.25) is 0 Å². The number of benzene rings is 2. The smallest absolute Gasteiger partial charge is 0.369 e. The molecule has 0 unspecified atom stereocenters. The van der Waals surface area contributed by atoms with E-state index in [9.17, 15) is 9.36 Å². The number of carbonyl (C=O) groups excluding carboxylic acids is 1. The zero-order valence-electron chi connectivity index (χ0n) is 12.7. The molecule has 2 aromatic carbocycles. The van der Waals surface area contributed by atoms with E-state index in [0.717, 1.165) is 11.1 Å². The average Bonchev–Trinajstić information content (AvgIpc) is 2.54. The molecule has 0 aliphatic heterocycles. The first-order valence-electron chi connectivity index (χ1n) is 7.18. The Morgan fingerprint density at radius 1 is 1.00 bits per heavy atom. The first-order valence-corrected chi connectivity index (χ1v) is 8.71. The SMILES string of the molecule is O=C(OP(=O)(O)O)[C@H](Cc1ccccc1)NOCc1ccccc1. The molecule has 128 valence electrons. The van der Waals surface area contributed by atoms with Gasteiger partial charge in [0.2, 0.25) is 0 Å². The van der Waals surface area contributed by atoms with Gasteiger partial charge in [0.05, 0.1) is 6.61 Å². The topological polar surface area (TPSA) is 105 Å². The third-order valence-corrected chi connectivity index (χ3v) is 3.50. The normalized spacial score (nSPS) is 12.6. The minimum atomic E-state index is -4.92. The maximum absolute atomic E-state index is 11.9. The number of nitrogens with one attached hydrogen (secondary N) is 1. The monoisotopic (exact) mass is 351 g/mol. The number of phosphoric ester groups is 1. The Balaban J connectivity index is 1.99. The largest absolute Gasteiger partial charge is 0.527 e. The molecule has 1 atom stereocenters. The van der Waals surface area contributed by atoms with Crippen molar-refractivity contribution < 1.29 is 28.5 Å². The van der Waals surface area contributed by atoms with Crippen LogP contribution in [0.3, 0.4) is 0 Å². The molecule has 0 heterocycles. The predicted molar refractivity (Wildman–Crippen MR) is 86.4 cm³/mol. The van der Waals surface area contributed by atoms with Gasteiger partial charge in [0.15, 0.2) is 0 Å². The molecule has 24 heavy (non-hydrogen) atoms. The third kappa shape index (κ3) is 6.62. The molecule has 0 bridgehead atoms. The summed E-state index contributed by atoms with van der Waals surface area (Å²) in [6, 6.07) is 17.2. The van der Waals surface area contributed by atoms with Crippen molar-refractivity contribution in [2.75, 3.05) is 0 Å². The van der Waals surface area contributed by atoms with E-state index in [2.05, 4.69) is 10.0 Å². The Labute approximate surface area is 139 Å². The van der Waals surface area contributed by atoms with E-state index in [1.54, 1.807) is 24.3 Å². The summed E-state index contributed by atoms with van der Waals surface area (Å²) in [7, 11) is -4.92. The van der Waals surface area contributed by atoms with Crippen LogP contribution in [0.5, 0.6) is 0 Å². The quantitative estimate of drug-likeness (QED) is 0.493. The number of hydrogen-bond acceptors (Lipinski definition) is 5. The summed E-state index contributed by atoms with van der Waals surface area (Å²) in [6.07, 6.45) is 0.161. The van der Waals surface area contributed by atoms with Crippen molar-refractivity contribution in [2.24, 2.45) is 0 Å². The Morgan fingerprint density at radius 3 is 2.08 bits per heavy atom. The van der Waals surface area contributed by atoms with Gasteiger partial charge in [-0.25, -0.2) is 9.36 Å². The standard InChI is InChI=1S/C16H18NO6P/c18-16(23-24(19,20)21)15(11-13-7-3-1-4-8-13)17-22-12-14-9-5-2-6-10-14/h1-10,15,17H,11-12H2,(H2,19,20,21)/t15-/m0/s1. The number of hydroxylamine groups is 1. The van der Waals surface area contributed by atoms with Crippen LogP contribution in [0.4, 0.5) is 0 Å². The van der Waals surface area contributed by atoms with Crippen LogP contribution in [0, 0.1) is 0 Å². The number of phosphoric acid groups is 1. The summed E-state index contributed by atoms with van der Waals surface area (Å²) in [4.78, 5) is 34.8. The lowest BCUT2D eigenvalue weighted by Gasteiger charge is -2.17. The summed E-state index contributed by atoms with van der Waals surface area (Å²) in [5, 5.41) is 0.